The van der Waals surface area contributed by atoms with Crippen molar-refractivity contribution in [2.45, 2.75) is 56.9 Å². The van der Waals surface area contributed by atoms with E-state index in [-0.39, 0.29) is 0 Å². The Balaban J connectivity index is 1.70. The maximum absolute atomic E-state index is 13.2. The number of rotatable bonds is 6. The summed E-state index contributed by atoms with van der Waals surface area (Å²) in [5, 5.41) is 4.74. The van der Waals surface area contributed by atoms with Crippen LogP contribution in [-0.4, -0.2) is 25.0 Å². The fraction of sp³-hybridized carbons (Fsp3) is 0.391. The van der Waals surface area contributed by atoms with Crippen LogP contribution in [0.15, 0.2) is 53.6 Å². The molecule has 0 saturated carbocycles. The van der Waals surface area contributed by atoms with Gasteiger partial charge in [0.1, 0.15) is 0 Å². The maximum atomic E-state index is 13.2. The zero-order valence-electron chi connectivity index (χ0n) is 16.6. The van der Waals surface area contributed by atoms with Gasteiger partial charge in [-0.25, -0.2) is 12.4 Å². The van der Waals surface area contributed by atoms with Crippen molar-refractivity contribution in [3.05, 3.63) is 65.4 Å². The lowest BCUT2D eigenvalue weighted by Crippen LogP contribution is -2.35. The number of hydrogen-bond donors (Lipinski definition) is 1. The van der Waals surface area contributed by atoms with Crippen molar-refractivity contribution in [3.8, 4) is 0 Å². The molecule has 1 aromatic heterocycles. The number of hydrogen-bond acceptors (Lipinski definition) is 3. The summed E-state index contributed by atoms with van der Waals surface area (Å²) in [4.78, 5) is 0.326. The van der Waals surface area contributed by atoms with Crippen LogP contribution < -0.4 is 5.32 Å². The van der Waals surface area contributed by atoms with Crippen molar-refractivity contribution in [1.82, 2.24) is 9.29 Å². The van der Waals surface area contributed by atoms with Crippen LogP contribution in [0.1, 0.15) is 42.9 Å². The van der Waals surface area contributed by atoms with Gasteiger partial charge in [0.25, 0.3) is 10.0 Å². The largest absolute Gasteiger partial charge is 0.314 e. The highest BCUT2D eigenvalue weighted by Gasteiger charge is 2.24. The second-order valence-corrected chi connectivity index (χ2v) is 9.63. The molecule has 5 heteroatoms. The van der Waals surface area contributed by atoms with Crippen LogP contribution in [0.2, 0.25) is 0 Å². The van der Waals surface area contributed by atoms with Crippen molar-refractivity contribution < 1.29 is 8.42 Å². The molecule has 1 N–H and O–H groups in total. The third-order valence-electron chi connectivity index (χ3n) is 5.80. The first-order chi connectivity index (χ1) is 13.5. The normalized spacial score (nSPS) is 17.0. The highest BCUT2D eigenvalue weighted by Crippen LogP contribution is 2.31. The fourth-order valence-electron chi connectivity index (χ4n) is 4.14. The maximum Gasteiger partial charge on any atom is 0.268 e. The summed E-state index contributed by atoms with van der Waals surface area (Å²) >= 11 is 0. The van der Waals surface area contributed by atoms with Crippen LogP contribution >= 0.6 is 0 Å². The van der Waals surface area contributed by atoms with E-state index in [1.807, 2.05) is 31.2 Å². The Labute approximate surface area is 167 Å². The summed E-state index contributed by atoms with van der Waals surface area (Å²) in [7, 11) is -3.60. The summed E-state index contributed by atoms with van der Waals surface area (Å²) in [5.41, 5.74) is 4.47. The Hall–Kier alpha value is -2.11. The number of nitrogens with zero attached hydrogens (tertiary/aromatic N) is 1. The highest BCUT2D eigenvalue weighted by atomic mass is 32.2. The van der Waals surface area contributed by atoms with Crippen molar-refractivity contribution in [3.63, 3.8) is 0 Å². The van der Waals surface area contributed by atoms with Crippen LogP contribution in [0, 0.1) is 6.92 Å². The average Bonchev–Trinajstić information content (AvgIpc) is 3.14. The van der Waals surface area contributed by atoms with Gasteiger partial charge in [0, 0.05) is 17.6 Å². The minimum atomic E-state index is -3.60. The van der Waals surface area contributed by atoms with Crippen LogP contribution in [0.25, 0.3) is 10.9 Å². The molecular weight excluding hydrogens is 368 g/mol. The first-order valence-electron chi connectivity index (χ1n) is 10.2. The van der Waals surface area contributed by atoms with Gasteiger partial charge in [-0.05, 0) is 74.5 Å². The van der Waals surface area contributed by atoms with E-state index in [0.29, 0.717) is 10.9 Å². The third kappa shape index (κ3) is 3.49. The van der Waals surface area contributed by atoms with Gasteiger partial charge in [-0.2, -0.15) is 0 Å². The predicted octanol–water partition coefficient (Wildman–Crippen LogP) is 4.43. The van der Waals surface area contributed by atoms with E-state index in [1.165, 1.54) is 27.9 Å². The van der Waals surface area contributed by atoms with E-state index in [0.717, 1.165) is 42.3 Å². The number of fused-ring (bicyclic) bond motifs is 3. The zero-order valence-corrected chi connectivity index (χ0v) is 17.4. The van der Waals surface area contributed by atoms with Crippen LogP contribution in [0.5, 0.6) is 0 Å². The van der Waals surface area contributed by atoms with Crippen LogP contribution in [0.4, 0.5) is 0 Å². The molecule has 4 rings (SSSR count). The Kier molecular flexibility index (Phi) is 5.30. The smallest absolute Gasteiger partial charge is 0.268 e. The molecule has 0 bridgehead atoms. The molecule has 4 nitrogen and oxygen atoms in total. The molecule has 28 heavy (non-hydrogen) atoms. The molecule has 148 valence electrons. The van der Waals surface area contributed by atoms with E-state index in [9.17, 15) is 8.42 Å². The predicted molar refractivity (Wildman–Crippen MR) is 114 cm³/mol. The molecule has 2 aromatic carbocycles. The molecule has 1 unspecified atom stereocenters. The van der Waals surface area contributed by atoms with E-state index in [1.54, 1.807) is 18.3 Å². The van der Waals surface area contributed by atoms with Gasteiger partial charge in [0.2, 0.25) is 0 Å². The first-order valence-corrected chi connectivity index (χ1v) is 11.6. The Bertz CT molecular complexity index is 1080. The highest BCUT2D eigenvalue weighted by molar-refractivity contribution is 7.90. The lowest BCUT2D eigenvalue weighted by molar-refractivity contribution is 0.454. The minimum absolute atomic E-state index is 0.326. The van der Waals surface area contributed by atoms with Crippen molar-refractivity contribution in [2.75, 3.05) is 6.54 Å². The molecular formula is C23H28N2O2S. The van der Waals surface area contributed by atoms with Crippen molar-refractivity contribution >= 4 is 20.9 Å². The number of unbranched alkanes of at least 4 members (excludes halogenated alkanes) is 1. The summed E-state index contributed by atoms with van der Waals surface area (Å²) < 4.78 is 27.8. The standard InChI is InChI=1S/C23H28N2O2S/c1-3-4-14-24-19-9-7-18-8-12-23-21(22(18)16-19)13-15-25(23)28(26,27)20-10-5-17(2)6-11-20/h5-6,8,10-13,15,19,24H,3-4,7,9,14,16H2,1-2H3. The monoisotopic (exact) mass is 396 g/mol. The second kappa shape index (κ2) is 7.72. The lowest BCUT2D eigenvalue weighted by atomic mass is 9.86. The molecule has 1 aliphatic rings. The van der Waals surface area contributed by atoms with Crippen molar-refractivity contribution in [1.29, 1.82) is 0 Å². The van der Waals surface area contributed by atoms with Gasteiger partial charge in [0.15, 0.2) is 0 Å². The number of aromatic nitrogens is 1. The van der Waals surface area contributed by atoms with Gasteiger partial charge in [-0.1, -0.05) is 37.1 Å². The van der Waals surface area contributed by atoms with Gasteiger partial charge in [-0.15, -0.1) is 0 Å². The number of aryl methyl sites for hydroxylation is 2. The summed E-state index contributed by atoms with van der Waals surface area (Å²) in [6, 6.07) is 13.6. The van der Waals surface area contributed by atoms with Gasteiger partial charge < -0.3 is 5.32 Å². The minimum Gasteiger partial charge on any atom is -0.314 e. The first kappa shape index (κ1) is 19.2. The second-order valence-electron chi connectivity index (χ2n) is 7.81. The molecule has 0 aliphatic heterocycles. The van der Waals surface area contributed by atoms with Gasteiger partial charge in [-0.3, -0.25) is 0 Å². The van der Waals surface area contributed by atoms with E-state index < -0.39 is 10.0 Å². The topological polar surface area (TPSA) is 51.1 Å². The summed E-state index contributed by atoms with van der Waals surface area (Å²) in [5.74, 6) is 0. The molecule has 1 aliphatic carbocycles. The molecule has 0 amide bonds. The van der Waals surface area contributed by atoms with Gasteiger partial charge >= 0.3 is 0 Å². The van der Waals surface area contributed by atoms with Crippen molar-refractivity contribution in [2.24, 2.45) is 0 Å². The Morgan fingerprint density at radius 3 is 2.64 bits per heavy atom. The Morgan fingerprint density at radius 2 is 1.89 bits per heavy atom. The summed E-state index contributed by atoms with van der Waals surface area (Å²) in [6.07, 6.45) is 7.24. The third-order valence-corrected chi connectivity index (χ3v) is 7.50. The van der Waals surface area contributed by atoms with E-state index in [4.69, 9.17) is 0 Å². The quantitative estimate of drug-likeness (QED) is 0.627. The summed E-state index contributed by atoms with van der Waals surface area (Å²) in [6.45, 7) is 5.21. The molecule has 0 fully saturated rings. The van der Waals surface area contributed by atoms with Gasteiger partial charge in [0.05, 0.1) is 10.4 Å². The van der Waals surface area contributed by atoms with Crippen LogP contribution in [0.3, 0.4) is 0 Å². The molecule has 0 spiro atoms. The fourth-order valence-corrected chi connectivity index (χ4v) is 5.49. The molecule has 3 aromatic rings. The number of benzene rings is 2. The average molecular weight is 397 g/mol. The molecule has 0 saturated heterocycles. The van der Waals surface area contributed by atoms with E-state index in [2.05, 4.69) is 18.3 Å². The Morgan fingerprint density at radius 1 is 1.11 bits per heavy atom. The van der Waals surface area contributed by atoms with Crippen LogP contribution in [-0.2, 0) is 22.9 Å². The zero-order chi connectivity index (χ0) is 19.7. The van der Waals surface area contributed by atoms with E-state index >= 15 is 0 Å². The lowest BCUT2D eigenvalue weighted by Gasteiger charge is -2.26. The molecule has 1 atom stereocenters. The SMILES string of the molecule is CCCCNC1CCc2ccc3c(ccn3S(=O)(=O)c3ccc(C)cc3)c2C1. The molecule has 0 radical (unpaired) electrons. The molecule has 1 heterocycles. The number of nitrogens with one attached hydrogen (secondary N) is 1.